The van der Waals surface area contributed by atoms with Gasteiger partial charge in [-0.1, -0.05) is 12.1 Å². The minimum atomic E-state index is 0.224. The summed E-state index contributed by atoms with van der Waals surface area (Å²) in [6.45, 7) is 7.65. The second-order valence-electron chi connectivity index (χ2n) is 9.01. The first-order valence-electron chi connectivity index (χ1n) is 11.5. The molecule has 1 aromatic heterocycles. The predicted molar refractivity (Wildman–Crippen MR) is 130 cm³/mol. The molecule has 170 valence electrons. The molecule has 6 nitrogen and oxygen atoms in total. The van der Waals surface area contributed by atoms with Crippen LogP contribution in [-0.4, -0.2) is 41.1 Å². The average Bonchev–Trinajstić information content (AvgIpc) is 3.48. The van der Waals surface area contributed by atoms with Crippen LogP contribution < -0.4 is 9.47 Å². The minimum Gasteiger partial charge on any atom is -0.454 e. The molecule has 0 amide bonds. The molecule has 3 aromatic rings. The van der Waals surface area contributed by atoms with Gasteiger partial charge in [-0.15, -0.1) is 0 Å². The Balaban J connectivity index is 1.34. The van der Waals surface area contributed by atoms with E-state index in [1.54, 1.807) is 11.8 Å². The summed E-state index contributed by atoms with van der Waals surface area (Å²) < 4.78 is 16.9. The average molecular weight is 462 g/mol. The van der Waals surface area contributed by atoms with Crippen LogP contribution in [0.25, 0.3) is 10.9 Å². The van der Waals surface area contributed by atoms with Gasteiger partial charge in [-0.3, -0.25) is 4.99 Å². The van der Waals surface area contributed by atoms with Gasteiger partial charge in [-0.2, -0.15) is 0 Å². The lowest BCUT2D eigenvalue weighted by atomic mass is 10.0. The van der Waals surface area contributed by atoms with Gasteiger partial charge in [0.15, 0.2) is 16.7 Å². The first-order chi connectivity index (χ1) is 16.1. The maximum Gasteiger partial charge on any atom is 0.231 e. The summed E-state index contributed by atoms with van der Waals surface area (Å²) in [5.74, 6) is 1.62. The van der Waals surface area contributed by atoms with Crippen LogP contribution in [0.3, 0.4) is 0 Å². The van der Waals surface area contributed by atoms with Crippen LogP contribution in [0, 0.1) is 13.8 Å². The lowest BCUT2D eigenvalue weighted by Crippen LogP contribution is -2.32. The van der Waals surface area contributed by atoms with Gasteiger partial charge < -0.3 is 19.1 Å². The lowest BCUT2D eigenvalue weighted by molar-refractivity contribution is 0.117. The van der Waals surface area contributed by atoms with Crippen LogP contribution in [0.1, 0.15) is 35.1 Å². The van der Waals surface area contributed by atoms with Crippen molar-refractivity contribution in [3.05, 3.63) is 58.7 Å². The van der Waals surface area contributed by atoms with Crippen molar-refractivity contribution in [3.63, 3.8) is 0 Å². The maximum absolute atomic E-state index is 5.82. The molecule has 1 unspecified atom stereocenters. The number of aromatic nitrogens is 1. The second kappa shape index (κ2) is 8.54. The molecular weight excluding hydrogens is 434 g/mol. The van der Waals surface area contributed by atoms with E-state index < -0.39 is 0 Å². The van der Waals surface area contributed by atoms with Crippen molar-refractivity contribution in [1.82, 2.24) is 9.88 Å². The van der Waals surface area contributed by atoms with E-state index in [1.807, 2.05) is 6.07 Å². The van der Waals surface area contributed by atoms with E-state index in [0.29, 0.717) is 6.54 Å². The molecule has 6 rings (SSSR count). The van der Waals surface area contributed by atoms with E-state index >= 15 is 0 Å². The topological polar surface area (TPSA) is 56.2 Å². The Morgan fingerprint density at radius 2 is 2.03 bits per heavy atom. The lowest BCUT2D eigenvalue weighted by Gasteiger charge is -2.31. The largest absolute Gasteiger partial charge is 0.454 e. The number of benzene rings is 2. The zero-order valence-electron chi connectivity index (χ0n) is 19.0. The molecule has 0 saturated carbocycles. The molecule has 0 radical (unpaired) electrons. The molecule has 0 spiro atoms. The molecule has 0 bridgehead atoms. The van der Waals surface area contributed by atoms with Gasteiger partial charge in [0.25, 0.3) is 0 Å². The third-order valence-corrected chi connectivity index (χ3v) is 7.53. The Bertz CT molecular complexity index is 1250. The van der Waals surface area contributed by atoms with E-state index in [4.69, 9.17) is 24.2 Å². The van der Waals surface area contributed by atoms with Crippen molar-refractivity contribution in [2.75, 3.05) is 19.9 Å². The SMILES string of the molecule is Cc1cc(C)c2cc3c(nc2c1)SC(=NCC1CCCO1)N(Cc1ccc2c(c1)OCO2)C3. The van der Waals surface area contributed by atoms with Crippen LogP contribution in [-0.2, 0) is 17.8 Å². The number of thioether (sulfide) groups is 1. The molecule has 7 heteroatoms. The normalized spacial score (nSPS) is 20.6. The number of nitrogens with zero attached hydrogens (tertiary/aromatic N) is 3. The minimum absolute atomic E-state index is 0.224. The Hall–Kier alpha value is -2.77. The predicted octanol–water partition coefficient (Wildman–Crippen LogP) is 5.22. The number of fused-ring (bicyclic) bond motifs is 3. The third kappa shape index (κ3) is 4.15. The molecule has 1 saturated heterocycles. The molecule has 2 aromatic carbocycles. The summed E-state index contributed by atoms with van der Waals surface area (Å²) >= 11 is 1.67. The van der Waals surface area contributed by atoms with Gasteiger partial charge in [0.05, 0.1) is 18.2 Å². The zero-order valence-corrected chi connectivity index (χ0v) is 19.8. The number of rotatable bonds is 4. The number of ether oxygens (including phenoxy) is 3. The van der Waals surface area contributed by atoms with E-state index in [1.165, 1.54) is 27.6 Å². The van der Waals surface area contributed by atoms with E-state index in [2.05, 4.69) is 49.1 Å². The van der Waals surface area contributed by atoms with Crippen molar-refractivity contribution >= 4 is 27.8 Å². The highest BCUT2D eigenvalue weighted by atomic mass is 32.2. The van der Waals surface area contributed by atoms with Crippen LogP contribution in [0.5, 0.6) is 11.5 Å². The molecule has 1 fully saturated rings. The van der Waals surface area contributed by atoms with E-state index in [9.17, 15) is 0 Å². The van der Waals surface area contributed by atoms with Gasteiger partial charge in [0.2, 0.25) is 6.79 Å². The van der Waals surface area contributed by atoms with Crippen LogP contribution in [0.4, 0.5) is 0 Å². The van der Waals surface area contributed by atoms with Crippen molar-refractivity contribution in [1.29, 1.82) is 0 Å². The molecule has 4 heterocycles. The van der Waals surface area contributed by atoms with Crippen molar-refractivity contribution in [2.45, 2.75) is 50.9 Å². The Morgan fingerprint density at radius 3 is 2.91 bits per heavy atom. The number of pyridine rings is 1. The number of hydrogen-bond donors (Lipinski definition) is 0. The molecule has 3 aliphatic heterocycles. The summed E-state index contributed by atoms with van der Waals surface area (Å²) in [5.41, 5.74) is 5.99. The first-order valence-corrected chi connectivity index (χ1v) is 12.3. The monoisotopic (exact) mass is 461 g/mol. The Morgan fingerprint density at radius 1 is 1.12 bits per heavy atom. The smallest absolute Gasteiger partial charge is 0.231 e. The Kier molecular flexibility index (Phi) is 5.38. The van der Waals surface area contributed by atoms with E-state index in [0.717, 1.165) is 59.7 Å². The number of aliphatic imine (C=N–C) groups is 1. The zero-order chi connectivity index (χ0) is 22.4. The summed E-state index contributed by atoms with van der Waals surface area (Å²) in [4.78, 5) is 12.4. The van der Waals surface area contributed by atoms with Gasteiger partial charge in [0.1, 0.15) is 5.03 Å². The molecule has 1 atom stereocenters. The number of hydrogen-bond acceptors (Lipinski definition) is 6. The molecule has 3 aliphatic rings. The Labute approximate surface area is 198 Å². The van der Waals surface area contributed by atoms with Gasteiger partial charge in [-0.05, 0) is 79.4 Å². The van der Waals surface area contributed by atoms with Crippen molar-refractivity contribution in [2.24, 2.45) is 4.99 Å². The second-order valence-corrected chi connectivity index (χ2v) is 9.96. The highest BCUT2D eigenvalue weighted by Gasteiger charge is 2.26. The van der Waals surface area contributed by atoms with Gasteiger partial charge in [-0.25, -0.2) is 4.98 Å². The molecule has 33 heavy (non-hydrogen) atoms. The van der Waals surface area contributed by atoms with Crippen molar-refractivity contribution in [3.8, 4) is 11.5 Å². The summed E-state index contributed by atoms with van der Waals surface area (Å²) in [5, 5.41) is 3.29. The van der Waals surface area contributed by atoms with Crippen LogP contribution in [0.15, 0.2) is 46.4 Å². The molecule has 0 aliphatic carbocycles. The molecular formula is C26H27N3O3S. The summed E-state index contributed by atoms with van der Waals surface area (Å²) in [6, 6.07) is 12.9. The van der Waals surface area contributed by atoms with Crippen LogP contribution in [0.2, 0.25) is 0 Å². The van der Waals surface area contributed by atoms with Crippen molar-refractivity contribution < 1.29 is 14.2 Å². The maximum atomic E-state index is 5.82. The fourth-order valence-electron chi connectivity index (χ4n) is 4.76. The fraction of sp³-hybridized carbons (Fsp3) is 0.385. The quantitative estimate of drug-likeness (QED) is 0.531. The van der Waals surface area contributed by atoms with Gasteiger partial charge >= 0.3 is 0 Å². The van der Waals surface area contributed by atoms with Crippen LogP contribution >= 0.6 is 11.8 Å². The first kappa shape index (κ1) is 20.8. The number of amidine groups is 1. The van der Waals surface area contributed by atoms with Gasteiger partial charge in [0, 0.05) is 30.6 Å². The summed E-state index contributed by atoms with van der Waals surface area (Å²) in [7, 11) is 0. The van der Waals surface area contributed by atoms with E-state index in [-0.39, 0.29) is 12.9 Å². The third-order valence-electron chi connectivity index (χ3n) is 6.41. The highest BCUT2D eigenvalue weighted by molar-refractivity contribution is 8.13. The fourth-order valence-corrected chi connectivity index (χ4v) is 5.73. The highest BCUT2D eigenvalue weighted by Crippen LogP contribution is 2.37. The summed E-state index contributed by atoms with van der Waals surface area (Å²) in [6.07, 6.45) is 2.43. The standard InChI is InChI=1S/C26H27N3O3S/c1-16-8-17(2)21-11-19-14-29(13-18-5-6-23-24(10-18)32-15-31-23)26(27-12-20-4-3-7-30-20)33-25(19)28-22(21)9-16/h5-6,8-11,20H,3-4,7,12-15H2,1-2H3. The number of aryl methyl sites for hydroxylation is 2. The molecule has 0 N–H and O–H groups in total.